The zero-order valence-electron chi connectivity index (χ0n) is 13.3. The van der Waals surface area contributed by atoms with Gasteiger partial charge in [0.15, 0.2) is 0 Å². The zero-order chi connectivity index (χ0) is 16.5. The third-order valence-corrected chi connectivity index (χ3v) is 4.39. The molecule has 0 unspecified atom stereocenters. The maximum absolute atomic E-state index is 9.30. The summed E-state index contributed by atoms with van der Waals surface area (Å²) < 4.78 is 1.60. The zero-order valence-corrected chi connectivity index (χ0v) is 14.9. The SMILES string of the molecule is Cl.N#Cc1cnn2cc(Cl)nc(-c3ccc(N4CCNCC4)cc3)c12. The van der Waals surface area contributed by atoms with Gasteiger partial charge in [0, 0.05) is 37.4 Å². The van der Waals surface area contributed by atoms with Crippen LogP contribution in [0.15, 0.2) is 36.7 Å². The lowest BCUT2D eigenvalue weighted by Gasteiger charge is -2.29. The molecular formula is C17H16Cl2N6. The van der Waals surface area contributed by atoms with Crippen molar-refractivity contribution in [1.29, 1.82) is 5.26 Å². The molecule has 1 aliphatic rings. The van der Waals surface area contributed by atoms with Crippen molar-refractivity contribution in [3.8, 4) is 17.3 Å². The summed E-state index contributed by atoms with van der Waals surface area (Å²) in [6, 6.07) is 10.4. The van der Waals surface area contributed by atoms with Crippen LogP contribution in [-0.4, -0.2) is 40.8 Å². The van der Waals surface area contributed by atoms with Gasteiger partial charge in [-0.05, 0) is 12.1 Å². The quantitative estimate of drug-likeness (QED) is 0.746. The number of aromatic nitrogens is 3. The molecule has 6 nitrogen and oxygen atoms in total. The van der Waals surface area contributed by atoms with Crippen molar-refractivity contribution < 1.29 is 0 Å². The minimum Gasteiger partial charge on any atom is -0.369 e. The molecule has 1 saturated heterocycles. The number of hydrogen-bond acceptors (Lipinski definition) is 5. The average molecular weight is 375 g/mol. The van der Waals surface area contributed by atoms with Crippen molar-refractivity contribution in [2.75, 3.05) is 31.1 Å². The van der Waals surface area contributed by atoms with E-state index in [0.29, 0.717) is 21.9 Å². The molecule has 3 heterocycles. The Morgan fingerprint density at radius 1 is 1.16 bits per heavy atom. The third-order valence-electron chi connectivity index (χ3n) is 4.21. The van der Waals surface area contributed by atoms with Crippen LogP contribution in [0.1, 0.15) is 5.56 Å². The normalized spacial score (nSPS) is 14.2. The van der Waals surface area contributed by atoms with Crippen molar-refractivity contribution in [2.24, 2.45) is 0 Å². The van der Waals surface area contributed by atoms with Gasteiger partial charge in [0.1, 0.15) is 22.3 Å². The smallest absolute Gasteiger partial charge is 0.148 e. The maximum atomic E-state index is 9.30. The van der Waals surface area contributed by atoms with Crippen molar-refractivity contribution in [3.63, 3.8) is 0 Å². The number of piperazine rings is 1. The third kappa shape index (κ3) is 3.27. The second-order valence-electron chi connectivity index (χ2n) is 5.66. The Kier molecular flexibility index (Phi) is 5.09. The summed E-state index contributed by atoms with van der Waals surface area (Å²) in [5.74, 6) is 0. The molecule has 1 fully saturated rings. The summed E-state index contributed by atoms with van der Waals surface area (Å²) in [5.41, 5.74) is 3.94. The first kappa shape index (κ1) is 17.5. The molecule has 25 heavy (non-hydrogen) atoms. The number of anilines is 1. The fourth-order valence-corrected chi connectivity index (χ4v) is 3.20. The first-order valence-corrected chi connectivity index (χ1v) is 8.14. The van der Waals surface area contributed by atoms with E-state index in [1.165, 1.54) is 11.9 Å². The van der Waals surface area contributed by atoms with E-state index in [0.717, 1.165) is 31.7 Å². The van der Waals surface area contributed by atoms with Gasteiger partial charge in [-0.25, -0.2) is 9.50 Å². The van der Waals surface area contributed by atoms with Crippen molar-refractivity contribution in [3.05, 3.63) is 47.4 Å². The predicted octanol–water partition coefficient (Wildman–Crippen LogP) is 2.75. The topological polar surface area (TPSA) is 69.2 Å². The van der Waals surface area contributed by atoms with Crippen LogP contribution in [0, 0.1) is 11.3 Å². The lowest BCUT2D eigenvalue weighted by atomic mass is 10.1. The van der Waals surface area contributed by atoms with Crippen LogP contribution in [0.3, 0.4) is 0 Å². The van der Waals surface area contributed by atoms with Gasteiger partial charge >= 0.3 is 0 Å². The summed E-state index contributed by atoms with van der Waals surface area (Å²) in [5, 5.41) is 17.2. The predicted molar refractivity (Wildman–Crippen MR) is 100 cm³/mol. The van der Waals surface area contributed by atoms with Crippen molar-refractivity contribution >= 4 is 35.2 Å². The first-order chi connectivity index (χ1) is 11.8. The van der Waals surface area contributed by atoms with Gasteiger partial charge in [0.2, 0.25) is 0 Å². The molecular weight excluding hydrogens is 359 g/mol. The summed E-state index contributed by atoms with van der Waals surface area (Å²) in [7, 11) is 0. The van der Waals surface area contributed by atoms with Gasteiger partial charge in [-0.1, -0.05) is 23.7 Å². The van der Waals surface area contributed by atoms with Crippen LogP contribution in [0.5, 0.6) is 0 Å². The standard InChI is InChI=1S/C17H15ClN6.ClH/c18-15-11-24-17(13(9-19)10-21-24)16(22-15)12-1-3-14(4-2-12)23-7-5-20-6-8-23;/h1-4,10-11,20H,5-8H2;1H. The number of rotatable bonds is 2. The molecule has 0 amide bonds. The first-order valence-electron chi connectivity index (χ1n) is 7.76. The van der Waals surface area contributed by atoms with E-state index < -0.39 is 0 Å². The largest absolute Gasteiger partial charge is 0.369 e. The molecule has 8 heteroatoms. The van der Waals surface area contributed by atoms with Gasteiger partial charge in [-0.2, -0.15) is 10.4 Å². The van der Waals surface area contributed by atoms with Gasteiger partial charge in [0.25, 0.3) is 0 Å². The summed E-state index contributed by atoms with van der Waals surface area (Å²) in [6.45, 7) is 4.00. The number of hydrogen-bond donors (Lipinski definition) is 1. The summed E-state index contributed by atoms with van der Waals surface area (Å²) >= 11 is 6.11. The lowest BCUT2D eigenvalue weighted by molar-refractivity contribution is 0.589. The fourth-order valence-electron chi connectivity index (χ4n) is 3.02. The molecule has 3 aromatic rings. The Hall–Kier alpha value is -2.33. The van der Waals surface area contributed by atoms with E-state index in [9.17, 15) is 5.26 Å². The highest BCUT2D eigenvalue weighted by Gasteiger charge is 2.15. The second kappa shape index (κ2) is 7.28. The van der Waals surface area contributed by atoms with Gasteiger partial charge in [-0.15, -0.1) is 12.4 Å². The van der Waals surface area contributed by atoms with E-state index in [-0.39, 0.29) is 12.4 Å². The highest BCUT2D eigenvalue weighted by atomic mass is 35.5. The van der Waals surface area contributed by atoms with E-state index in [4.69, 9.17) is 11.6 Å². The molecule has 0 saturated carbocycles. The van der Waals surface area contributed by atoms with Crippen molar-refractivity contribution in [1.82, 2.24) is 19.9 Å². The average Bonchev–Trinajstić information content (AvgIpc) is 3.05. The highest BCUT2D eigenvalue weighted by Crippen LogP contribution is 2.28. The summed E-state index contributed by atoms with van der Waals surface area (Å²) in [6.07, 6.45) is 3.14. The van der Waals surface area contributed by atoms with Crippen LogP contribution in [0.2, 0.25) is 5.15 Å². The molecule has 0 atom stereocenters. The maximum Gasteiger partial charge on any atom is 0.148 e. The Morgan fingerprint density at radius 2 is 1.88 bits per heavy atom. The molecule has 0 spiro atoms. The minimum atomic E-state index is 0. The number of halogens is 2. The minimum absolute atomic E-state index is 0. The fraction of sp³-hybridized carbons (Fsp3) is 0.235. The van der Waals surface area contributed by atoms with Crippen LogP contribution >= 0.6 is 24.0 Å². The molecule has 1 N–H and O–H groups in total. The van der Waals surface area contributed by atoms with Gasteiger partial charge in [-0.3, -0.25) is 0 Å². The van der Waals surface area contributed by atoms with E-state index in [2.05, 4.69) is 38.5 Å². The molecule has 1 aromatic carbocycles. The molecule has 0 bridgehead atoms. The molecule has 0 aliphatic carbocycles. The number of nitriles is 1. The molecule has 128 valence electrons. The lowest BCUT2D eigenvalue weighted by Crippen LogP contribution is -2.43. The molecule has 4 rings (SSSR count). The van der Waals surface area contributed by atoms with E-state index in [1.54, 1.807) is 10.7 Å². The van der Waals surface area contributed by atoms with Crippen LogP contribution in [0.25, 0.3) is 16.8 Å². The Labute approximate surface area is 156 Å². The van der Waals surface area contributed by atoms with E-state index >= 15 is 0 Å². The van der Waals surface area contributed by atoms with E-state index in [1.807, 2.05) is 12.1 Å². The number of benzene rings is 1. The second-order valence-corrected chi connectivity index (χ2v) is 6.05. The number of nitrogens with one attached hydrogen (secondary N) is 1. The van der Waals surface area contributed by atoms with Gasteiger partial charge in [0.05, 0.1) is 18.1 Å². The van der Waals surface area contributed by atoms with Crippen LogP contribution in [0.4, 0.5) is 5.69 Å². The van der Waals surface area contributed by atoms with Crippen LogP contribution < -0.4 is 10.2 Å². The monoisotopic (exact) mass is 374 g/mol. The van der Waals surface area contributed by atoms with Gasteiger partial charge < -0.3 is 10.2 Å². The Bertz CT molecular complexity index is 923. The highest BCUT2D eigenvalue weighted by molar-refractivity contribution is 6.29. The Balaban J connectivity index is 0.00000182. The van der Waals surface area contributed by atoms with Crippen LogP contribution in [-0.2, 0) is 0 Å². The summed E-state index contributed by atoms with van der Waals surface area (Å²) in [4.78, 5) is 6.77. The Morgan fingerprint density at radius 3 is 2.56 bits per heavy atom. The molecule has 1 aliphatic heterocycles. The number of nitrogens with zero attached hydrogens (tertiary/aromatic N) is 5. The molecule has 2 aromatic heterocycles. The molecule has 0 radical (unpaired) electrons. The van der Waals surface area contributed by atoms with Crippen molar-refractivity contribution in [2.45, 2.75) is 0 Å². The number of fused-ring (bicyclic) bond motifs is 1.